The van der Waals surface area contributed by atoms with Crippen molar-refractivity contribution < 1.29 is 9.53 Å². The van der Waals surface area contributed by atoms with Crippen LogP contribution in [-0.2, 0) is 4.74 Å². The van der Waals surface area contributed by atoms with Gasteiger partial charge >= 0.3 is 6.09 Å². The van der Waals surface area contributed by atoms with Crippen molar-refractivity contribution in [3.05, 3.63) is 0 Å². The molecule has 5 nitrogen and oxygen atoms in total. The van der Waals surface area contributed by atoms with Crippen LogP contribution in [0.4, 0.5) is 4.79 Å². The lowest BCUT2D eigenvalue weighted by Crippen LogP contribution is -2.55. The van der Waals surface area contributed by atoms with E-state index in [4.69, 9.17) is 10.00 Å². The van der Waals surface area contributed by atoms with E-state index in [1.165, 1.54) is 0 Å². The number of carbonyl (C=O) groups is 1. The van der Waals surface area contributed by atoms with Crippen LogP contribution in [0.15, 0.2) is 0 Å². The normalized spacial score (nSPS) is 18.0. The van der Waals surface area contributed by atoms with E-state index in [-0.39, 0.29) is 6.09 Å². The van der Waals surface area contributed by atoms with Gasteiger partial charge in [-0.25, -0.2) is 4.79 Å². The molecular formula is C11H19N3O2. The third-order valence-corrected chi connectivity index (χ3v) is 2.87. The Balaban J connectivity index is 2.46. The van der Waals surface area contributed by atoms with Gasteiger partial charge in [0.15, 0.2) is 0 Å². The Morgan fingerprint density at radius 3 is 2.38 bits per heavy atom. The molecule has 1 fully saturated rings. The average Bonchev–Trinajstić information content (AvgIpc) is 2.29. The second kappa shape index (κ2) is 5.17. The average molecular weight is 225 g/mol. The van der Waals surface area contributed by atoms with Gasteiger partial charge in [-0.1, -0.05) is 0 Å². The number of piperazine rings is 1. The molecule has 0 spiro atoms. The Bertz CT molecular complexity index is 288. The molecule has 1 rings (SSSR count). The first kappa shape index (κ1) is 12.8. The Labute approximate surface area is 96.6 Å². The molecule has 0 atom stereocenters. The molecule has 1 amide bonds. The minimum atomic E-state index is -0.458. The van der Waals surface area contributed by atoms with E-state index in [1.807, 2.05) is 13.8 Å². The SMILES string of the molecule is CCOC(=O)N1CCN(C(C)(C)C#N)CC1. The van der Waals surface area contributed by atoms with Crippen molar-refractivity contribution in [2.45, 2.75) is 26.3 Å². The predicted octanol–water partition coefficient (Wildman–Crippen LogP) is 1.06. The molecule has 0 bridgehead atoms. The molecule has 0 saturated carbocycles. The van der Waals surface area contributed by atoms with Gasteiger partial charge in [0.1, 0.15) is 5.54 Å². The molecular weight excluding hydrogens is 206 g/mol. The smallest absolute Gasteiger partial charge is 0.409 e. The first-order valence-electron chi connectivity index (χ1n) is 5.59. The van der Waals surface area contributed by atoms with Gasteiger partial charge in [0.2, 0.25) is 0 Å². The molecule has 1 saturated heterocycles. The highest BCUT2D eigenvalue weighted by atomic mass is 16.6. The van der Waals surface area contributed by atoms with E-state index in [0.29, 0.717) is 19.7 Å². The van der Waals surface area contributed by atoms with Gasteiger partial charge < -0.3 is 9.64 Å². The zero-order valence-corrected chi connectivity index (χ0v) is 10.2. The minimum absolute atomic E-state index is 0.253. The van der Waals surface area contributed by atoms with Gasteiger partial charge in [-0.05, 0) is 20.8 Å². The summed E-state index contributed by atoms with van der Waals surface area (Å²) in [7, 11) is 0. The van der Waals surface area contributed by atoms with Crippen LogP contribution >= 0.6 is 0 Å². The fourth-order valence-corrected chi connectivity index (χ4v) is 1.73. The van der Waals surface area contributed by atoms with Crippen molar-refractivity contribution in [1.29, 1.82) is 5.26 Å². The fourth-order valence-electron chi connectivity index (χ4n) is 1.73. The molecule has 0 aromatic carbocycles. The highest BCUT2D eigenvalue weighted by Crippen LogP contribution is 2.16. The van der Waals surface area contributed by atoms with E-state index in [1.54, 1.807) is 11.8 Å². The quantitative estimate of drug-likeness (QED) is 0.705. The number of ether oxygens (including phenoxy) is 1. The number of rotatable bonds is 2. The molecule has 0 aliphatic carbocycles. The predicted molar refractivity (Wildman–Crippen MR) is 59.9 cm³/mol. The Kier molecular flexibility index (Phi) is 4.13. The van der Waals surface area contributed by atoms with Gasteiger partial charge in [0, 0.05) is 26.2 Å². The number of hydrogen-bond donors (Lipinski definition) is 0. The zero-order chi connectivity index (χ0) is 12.2. The molecule has 1 aliphatic heterocycles. The summed E-state index contributed by atoms with van der Waals surface area (Å²) in [5, 5.41) is 9.01. The molecule has 0 radical (unpaired) electrons. The van der Waals surface area contributed by atoms with E-state index in [9.17, 15) is 4.79 Å². The maximum Gasteiger partial charge on any atom is 0.409 e. The number of carbonyl (C=O) groups excluding carboxylic acids is 1. The van der Waals surface area contributed by atoms with E-state index in [2.05, 4.69) is 11.0 Å². The van der Waals surface area contributed by atoms with Crippen LogP contribution in [0.5, 0.6) is 0 Å². The molecule has 16 heavy (non-hydrogen) atoms. The van der Waals surface area contributed by atoms with Crippen LogP contribution in [-0.4, -0.2) is 54.2 Å². The van der Waals surface area contributed by atoms with Crippen LogP contribution in [0.25, 0.3) is 0 Å². The molecule has 90 valence electrons. The first-order chi connectivity index (χ1) is 7.51. The molecule has 1 heterocycles. The Morgan fingerprint density at radius 2 is 1.94 bits per heavy atom. The summed E-state index contributed by atoms with van der Waals surface area (Å²) in [5.41, 5.74) is -0.458. The van der Waals surface area contributed by atoms with E-state index in [0.717, 1.165) is 13.1 Å². The topological polar surface area (TPSA) is 56.6 Å². The summed E-state index contributed by atoms with van der Waals surface area (Å²) in [5.74, 6) is 0. The summed E-state index contributed by atoms with van der Waals surface area (Å²) in [6.45, 7) is 8.70. The Hall–Kier alpha value is -1.28. The van der Waals surface area contributed by atoms with Crippen LogP contribution in [0.1, 0.15) is 20.8 Å². The van der Waals surface area contributed by atoms with Crippen LogP contribution in [0.3, 0.4) is 0 Å². The number of amides is 1. The maximum absolute atomic E-state index is 11.4. The minimum Gasteiger partial charge on any atom is -0.450 e. The molecule has 0 aromatic heterocycles. The van der Waals surface area contributed by atoms with Crippen molar-refractivity contribution >= 4 is 6.09 Å². The summed E-state index contributed by atoms with van der Waals surface area (Å²) in [4.78, 5) is 15.2. The van der Waals surface area contributed by atoms with Gasteiger partial charge in [-0.2, -0.15) is 5.26 Å². The highest BCUT2D eigenvalue weighted by Gasteiger charge is 2.31. The summed E-state index contributed by atoms with van der Waals surface area (Å²) in [6, 6.07) is 2.27. The summed E-state index contributed by atoms with van der Waals surface area (Å²) >= 11 is 0. The van der Waals surface area contributed by atoms with Crippen LogP contribution in [0.2, 0.25) is 0 Å². The van der Waals surface area contributed by atoms with Crippen LogP contribution in [0, 0.1) is 11.3 Å². The summed E-state index contributed by atoms with van der Waals surface area (Å²) in [6.07, 6.45) is -0.253. The molecule has 1 aliphatic rings. The van der Waals surface area contributed by atoms with Crippen LogP contribution < -0.4 is 0 Å². The fraction of sp³-hybridized carbons (Fsp3) is 0.818. The van der Waals surface area contributed by atoms with E-state index >= 15 is 0 Å². The largest absolute Gasteiger partial charge is 0.450 e. The lowest BCUT2D eigenvalue weighted by molar-refractivity contribution is 0.0580. The Morgan fingerprint density at radius 1 is 1.38 bits per heavy atom. The van der Waals surface area contributed by atoms with Gasteiger partial charge in [-0.15, -0.1) is 0 Å². The molecule has 0 aromatic rings. The maximum atomic E-state index is 11.4. The van der Waals surface area contributed by atoms with Gasteiger partial charge in [-0.3, -0.25) is 4.90 Å². The molecule has 0 N–H and O–H groups in total. The monoisotopic (exact) mass is 225 g/mol. The summed E-state index contributed by atoms with van der Waals surface area (Å²) < 4.78 is 4.93. The second-order valence-electron chi connectivity index (χ2n) is 4.34. The van der Waals surface area contributed by atoms with Crippen molar-refractivity contribution in [3.8, 4) is 6.07 Å². The van der Waals surface area contributed by atoms with Crippen molar-refractivity contribution in [2.24, 2.45) is 0 Å². The second-order valence-corrected chi connectivity index (χ2v) is 4.34. The van der Waals surface area contributed by atoms with Crippen molar-refractivity contribution in [3.63, 3.8) is 0 Å². The van der Waals surface area contributed by atoms with Crippen molar-refractivity contribution in [1.82, 2.24) is 9.80 Å². The van der Waals surface area contributed by atoms with Crippen molar-refractivity contribution in [2.75, 3.05) is 32.8 Å². The molecule has 0 unspecified atom stereocenters. The first-order valence-corrected chi connectivity index (χ1v) is 5.59. The number of nitriles is 1. The standard InChI is InChI=1S/C11H19N3O2/c1-4-16-10(15)13-5-7-14(8-6-13)11(2,3)9-12/h4-8H2,1-3H3. The van der Waals surface area contributed by atoms with E-state index < -0.39 is 5.54 Å². The third kappa shape index (κ3) is 2.86. The van der Waals surface area contributed by atoms with Gasteiger partial charge in [0.25, 0.3) is 0 Å². The number of nitrogens with zero attached hydrogens (tertiary/aromatic N) is 3. The lowest BCUT2D eigenvalue weighted by Gasteiger charge is -2.39. The van der Waals surface area contributed by atoms with Gasteiger partial charge in [0.05, 0.1) is 12.7 Å². The lowest BCUT2D eigenvalue weighted by atomic mass is 10.0. The third-order valence-electron chi connectivity index (χ3n) is 2.87. The zero-order valence-electron chi connectivity index (χ0n) is 10.2. The highest BCUT2D eigenvalue weighted by molar-refractivity contribution is 5.67. The number of hydrogen-bond acceptors (Lipinski definition) is 4. The molecule has 5 heteroatoms.